The molecule has 3 saturated heterocycles. The summed E-state index contributed by atoms with van der Waals surface area (Å²) in [6.07, 6.45) is 3.69. The van der Waals surface area contributed by atoms with Gasteiger partial charge in [-0.05, 0) is 62.0 Å². The molecule has 3 aliphatic rings. The van der Waals surface area contributed by atoms with Crippen molar-refractivity contribution < 1.29 is 19.3 Å². The second-order valence-electron chi connectivity index (χ2n) is 9.26. The Morgan fingerprint density at radius 1 is 1.06 bits per heavy atom. The predicted molar refractivity (Wildman–Crippen MR) is 140 cm³/mol. The number of nitrogens with zero attached hydrogens (tertiary/aromatic N) is 4. The largest absolute Gasteiger partial charge is 0.467 e. The average Bonchev–Trinajstić information content (AvgIpc) is 2.90. The number of aromatic nitrogens is 2. The van der Waals surface area contributed by atoms with Gasteiger partial charge in [0.15, 0.2) is 0 Å². The van der Waals surface area contributed by atoms with Gasteiger partial charge in [-0.1, -0.05) is 0 Å². The van der Waals surface area contributed by atoms with Crippen LogP contribution in [0.1, 0.15) is 35.4 Å². The third kappa shape index (κ3) is 5.95. The first-order chi connectivity index (χ1) is 17.6. The number of rotatable bonds is 7. The fourth-order valence-electron chi connectivity index (χ4n) is 5.08. The molecule has 0 bridgehead atoms. The maximum Gasteiger partial charge on any atom is 0.320 e. The van der Waals surface area contributed by atoms with E-state index in [0.29, 0.717) is 37.0 Å². The number of ether oxygens (including phenoxy) is 3. The van der Waals surface area contributed by atoms with Gasteiger partial charge in [0.05, 0.1) is 39.6 Å². The number of aliphatic hydroxyl groups excluding tert-OH is 1. The van der Waals surface area contributed by atoms with E-state index in [0.717, 1.165) is 76.4 Å². The molecule has 5 rings (SSSR count). The van der Waals surface area contributed by atoms with Crippen LogP contribution in [0, 0.1) is 12.3 Å². The Hall–Kier alpha value is -2.79. The van der Waals surface area contributed by atoms with Gasteiger partial charge < -0.3 is 34.9 Å². The molecular weight excluding hydrogens is 460 g/mol. The smallest absolute Gasteiger partial charge is 0.320 e. The van der Waals surface area contributed by atoms with Gasteiger partial charge in [-0.15, -0.1) is 0 Å². The van der Waals surface area contributed by atoms with Gasteiger partial charge in [0, 0.05) is 43.7 Å². The molecule has 10 heteroatoms. The SMILES string of the molecule is CO.COc1nc(Nc2cc(C3CCN(C4COC4)CC3)c(C)cc2C=N)cc(N2CCOCC2)n1. The van der Waals surface area contributed by atoms with Crippen molar-refractivity contribution in [1.82, 2.24) is 14.9 Å². The van der Waals surface area contributed by atoms with Crippen LogP contribution in [0.5, 0.6) is 6.01 Å². The number of aliphatic hydroxyl groups is 1. The van der Waals surface area contributed by atoms with Crippen LogP contribution in [0.2, 0.25) is 0 Å². The van der Waals surface area contributed by atoms with Crippen molar-refractivity contribution in [3.63, 3.8) is 0 Å². The highest BCUT2D eigenvalue weighted by atomic mass is 16.5. The van der Waals surface area contributed by atoms with Crippen LogP contribution in [0.4, 0.5) is 17.3 Å². The summed E-state index contributed by atoms with van der Waals surface area (Å²) in [5.41, 5.74) is 4.32. The van der Waals surface area contributed by atoms with Gasteiger partial charge in [-0.3, -0.25) is 4.90 Å². The van der Waals surface area contributed by atoms with Crippen LogP contribution in [-0.4, -0.2) is 99.1 Å². The maximum atomic E-state index is 7.98. The summed E-state index contributed by atoms with van der Waals surface area (Å²) in [4.78, 5) is 13.8. The van der Waals surface area contributed by atoms with Crippen molar-refractivity contribution in [2.75, 3.05) is 77.0 Å². The van der Waals surface area contributed by atoms with Gasteiger partial charge >= 0.3 is 6.01 Å². The zero-order chi connectivity index (χ0) is 25.5. The molecule has 0 unspecified atom stereocenters. The van der Waals surface area contributed by atoms with Crippen molar-refractivity contribution in [3.05, 3.63) is 34.9 Å². The molecule has 4 heterocycles. The highest BCUT2D eigenvalue weighted by molar-refractivity contribution is 5.88. The number of benzene rings is 1. The summed E-state index contributed by atoms with van der Waals surface area (Å²) in [5.74, 6) is 1.99. The van der Waals surface area contributed by atoms with Gasteiger partial charge in [-0.25, -0.2) is 0 Å². The van der Waals surface area contributed by atoms with Crippen LogP contribution in [0.3, 0.4) is 0 Å². The number of likely N-dealkylation sites (tertiary alicyclic amines) is 1. The Bertz CT molecular complexity index is 1020. The molecule has 10 nitrogen and oxygen atoms in total. The summed E-state index contributed by atoms with van der Waals surface area (Å²) < 4.78 is 16.2. The molecule has 1 aromatic carbocycles. The summed E-state index contributed by atoms with van der Waals surface area (Å²) in [7, 11) is 2.58. The Kier molecular flexibility index (Phi) is 9.08. The van der Waals surface area contributed by atoms with Crippen LogP contribution < -0.4 is 15.0 Å². The molecule has 0 radical (unpaired) electrons. The van der Waals surface area contributed by atoms with E-state index in [9.17, 15) is 0 Å². The van der Waals surface area contributed by atoms with Gasteiger partial charge in [0.1, 0.15) is 11.6 Å². The molecule has 36 heavy (non-hydrogen) atoms. The van der Waals surface area contributed by atoms with E-state index in [2.05, 4.69) is 44.1 Å². The molecule has 3 N–H and O–H groups in total. The molecule has 3 aliphatic heterocycles. The first kappa shape index (κ1) is 26.3. The van der Waals surface area contributed by atoms with Crippen molar-refractivity contribution in [2.24, 2.45) is 0 Å². The number of anilines is 3. The van der Waals surface area contributed by atoms with Crippen LogP contribution in [0.25, 0.3) is 0 Å². The third-order valence-corrected chi connectivity index (χ3v) is 7.17. The minimum Gasteiger partial charge on any atom is -0.467 e. The first-order valence-electron chi connectivity index (χ1n) is 12.6. The molecule has 2 aromatic rings. The van der Waals surface area contributed by atoms with E-state index in [1.807, 2.05) is 6.07 Å². The van der Waals surface area contributed by atoms with E-state index < -0.39 is 0 Å². The van der Waals surface area contributed by atoms with E-state index in [1.54, 1.807) is 7.11 Å². The summed E-state index contributed by atoms with van der Waals surface area (Å²) >= 11 is 0. The lowest BCUT2D eigenvalue weighted by Crippen LogP contribution is -2.51. The molecule has 0 aliphatic carbocycles. The molecule has 1 aromatic heterocycles. The molecule has 3 fully saturated rings. The predicted octanol–water partition coefficient (Wildman–Crippen LogP) is 2.56. The van der Waals surface area contributed by atoms with E-state index in [1.165, 1.54) is 17.3 Å². The molecule has 0 saturated carbocycles. The average molecular weight is 499 g/mol. The Morgan fingerprint density at radius 3 is 2.39 bits per heavy atom. The number of hydrogen-bond acceptors (Lipinski definition) is 10. The van der Waals surface area contributed by atoms with Crippen molar-refractivity contribution in [3.8, 4) is 6.01 Å². The van der Waals surface area contributed by atoms with E-state index in [-0.39, 0.29) is 0 Å². The van der Waals surface area contributed by atoms with Crippen LogP contribution in [-0.2, 0) is 9.47 Å². The van der Waals surface area contributed by atoms with Gasteiger partial charge in [0.2, 0.25) is 0 Å². The minimum absolute atomic E-state index is 0.322. The summed E-state index contributed by atoms with van der Waals surface area (Å²) in [5, 5.41) is 18.4. The van der Waals surface area contributed by atoms with E-state index in [4.69, 9.17) is 24.7 Å². The van der Waals surface area contributed by atoms with Crippen LogP contribution >= 0.6 is 0 Å². The number of methoxy groups -OCH3 is 1. The second kappa shape index (κ2) is 12.4. The Labute approximate surface area is 213 Å². The standard InChI is InChI=1S/C25H34N6O3.CH4O/c1-17-11-19(14-26)22(12-21(17)18-3-5-30(6-4-18)20-15-34-16-20)27-23-13-24(29-25(28-23)32-2)31-7-9-33-10-8-31;1-2/h11-14,18,20,26H,3-10,15-16H2,1-2H3,(H,27,28,29);2H,1H3. The van der Waals surface area contributed by atoms with Gasteiger partial charge in [-0.2, -0.15) is 9.97 Å². The molecule has 0 atom stereocenters. The number of hydrogen-bond donors (Lipinski definition) is 3. The Balaban J connectivity index is 0.00000148. The summed E-state index contributed by atoms with van der Waals surface area (Å²) in [6.45, 7) is 9.06. The zero-order valence-corrected chi connectivity index (χ0v) is 21.5. The Morgan fingerprint density at radius 2 is 1.78 bits per heavy atom. The molecular formula is C26H38N6O4. The maximum absolute atomic E-state index is 7.98. The third-order valence-electron chi connectivity index (χ3n) is 7.17. The topological polar surface area (TPSA) is 116 Å². The van der Waals surface area contributed by atoms with Crippen molar-refractivity contribution >= 4 is 23.5 Å². The quantitative estimate of drug-likeness (QED) is 0.495. The monoisotopic (exact) mass is 498 g/mol. The zero-order valence-electron chi connectivity index (χ0n) is 21.5. The minimum atomic E-state index is 0.322. The van der Waals surface area contributed by atoms with Crippen molar-refractivity contribution in [2.45, 2.75) is 31.7 Å². The normalized spacial score (nSPS) is 19.2. The van der Waals surface area contributed by atoms with E-state index >= 15 is 0 Å². The summed E-state index contributed by atoms with van der Waals surface area (Å²) in [6, 6.07) is 7.19. The highest BCUT2D eigenvalue weighted by Gasteiger charge is 2.30. The van der Waals surface area contributed by atoms with Gasteiger partial charge in [0.25, 0.3) is 0 Å². The lowest BCUT2D eigenvalue weighted by Gasteiger charge is -2.41. The number of aryl methyl sites for hydroxylation is 1. The lowest BCUT2D eigenvalue weighted by molar-refractivity contribution is -0.0712. The number of nitrogens with one attached hydrogen (secondary N) is 2. The second-order valence-corrected chi connectivity index (χ2v) is 9.26. The number of morpholine rings is 1. The fraction of sp³-hybridized carbons (Fsp3) is 0.577. The molecule has 196 valence electrons. The first-order valence-corrected chi connectivity index (χ1v) is 12.6. The fourth-order valence-corrected chi connectivity index (χ4v) is 5.08. The number of piperidine rings is 1. The molecule has 0 amide bonds. The lowest BCUT2D eigenvalue weighted by atomic mass is 9.85. The highest BCUT2D eigenvalue weighted by Crippen LogP contribution is 2.35. The van der Waals surface area contributed by atoms with Crippen molar-refractivity contribution in [1.29, 1.82) is 5.41 Å². The molecule has 0 spiro atoms. The van der Waals surface area contributed by atoms with Crippen LogP contribution in [0.15, 0.2) is 18.2 Å².